The highest BCUT2D eigenvalue weighted by Gasteiger charge is 2.47. The number of carbonyl (C=O) groups is 5. The predicted octanol–water partition coefficient (Wildman–Crippen LogP) is 3.73. The number of hydrogen-bond acceptors (Lipinski definition) is 10. The number of aliphatic hydroxyl groups is 1. The average Bonchev–Trinajstić information content (AvgIpc) is 3.33. The predicted molar refractivity (Wildman–Crippen MR) is 158 cm³/mol. The number of hydrogen-bond donors (Lipinski definition) is 1. The molecule has 236 valence electrons. The highest BCUT2D eigenvalue weighted by Crippen LogP contribution is 2.33. The molecule has 1 fully saturated rings. The van der Waals surface area contributed by atoms with E-state index < -0.39 is 54.0 Å². The summed E-state index contributed by atoms with van der Waals surface area (Å²) >= 11 is 0. The minimum atomic E-state index is -1.55. The highest BCUT2D eigenvalue weighted by molar-refractivity contribution is 6.04. The van der Waals surface area contributed by atoms with E-state index in [0.29, 0.717) is 18.6 Å². The van der Waals surface area contributed by atoms with Gasteiger partial charge in [0.15, 0.2) is 17.7 Å². The lowest BCUT2D eigenvalue weighted by atomic mass is 9.96. The Labute approximate surface area is 256 Å². The molecule has 2 aromatic rings. The monoisotopic (exact) mass is 609 g/mol. The number of ether oxygens (including phenoxy) is 4. The Bertz CT molecular complexity index is 1300. The van der Waals surface area contributed by atoms with E-state index in [1.165, 1.54) is 6.92 Å². The fourth-order valence-corrected chi connectivity index (χ4v) is 4.64. The number of amides is 2. The molecule has 5 atom stereocenters. The average molecular weight is 610 g/mol. The summed E-state index contributed by atoms with van der Waals surface area (Å²) in [5.41, 5.74) is 1.68. The van der Waals surface area contributed by atoms with Crippen LogP contribution in [0.15, 0.2) is 72.8 Å². The number of carbonyl (C=O) groups excluding carboxylic acids is 5. The number of esters is 1. The van der Waals surface area contributed by atoms with Crippen molar-refractivity contribution in [2.75, 3.05) is 19.8 Å². The molecule has 2 aromatic carbocycles. The van der Waals surface area contributed by atoms with E-state index in [0.717, 1.165) is 29.5 Å². The van der Waals surface area contributed by atoms with E-state index in [1.54, 1.807) is 31.2 Å². The van der Waals surface area contributed by atoms with Crippen LogP contribution in [0.4, 0.5) is 4.79 Å². The van der Waals surface area contributed by atoms with Crippen molar-refractivity contribution in [2.45, 2.75) is 64.6 Å². The third kappa shape index (κ3) is 9.94. The van der Waals surface area contributed by atoms with Gasteiger partial charge in [-0.15, -0.1) is 0 Å². The van der Waals surface area contributed by atoms with Crippen molar-refractivity contribution in [3.8, 4) is 0 Å². The molecule has 0 spiro atoms. The van der Waals surface area contributed by atoms with E-state index in [9.17, 15) is 29.1 Å². The van der Waals surface area contributed by atoms with Crippen LogP contribution < -0.4 is 0 Å². The molecule has 0 bridgehead atoms. The fourth-order valence-electron chi connectivity index (χ4n) is 4.64. The molecule has 0 aromatic heterocycles. The smallest absolute Gasteiger partial charge is 0.417 e. The molecule has 0 saturated carbocycles. The van der Waals surface area contributed by atoms with Gasteiger partial charge in [-0.3, -0.25) is 19.2 Å². The maximum absolute atomic E-state index is 13.3. The number of allylic oxidation sites excluding steroid dienone is 1. The number of nitrogens with zero attached hydrogens (tertiary/aromatic N) is 1. The zero-order chi connectivity index (χ0) is 32.1. The lowest BCUT2D eigenvalue weighted by Crippen LogP contribution is -2.47. The van der Waals surface area contributed by atoms with Crippen LogP contribution in [-0.4, -0.2) is 77.6 Å². The first-order valence-corrected chi connectivity index (χ1v) is 14.5. The first-order valence-electron chi connectivity index (χ1n) is 14.5. The Balaban J connectivity index is 1.48. The van der Waals surface area contributed by atoms with Crippen LogP contribution in [0.1, 0.15) is 50.8 Å². The van der Waals surface area contributed by atoms with Gasteiger partial charge in [-0.05, 0) is 43.5 Å². The van der Waals surface area contributed by atoms with Gasteiger partial charge in [0.05, 0.1) is 31.8 Å². The van der Waals surface area contributed by atoms with Crippen LogP contribution in [0, 0.1) is 5.92 Å². The van der Waals surface area contributed by atoms with Crippen LogP contribution in [0.2, 0.25) is 0 Å². The number of benzene rings is 2. The van der Waals surface area contributed by atoms with E-state index in [2.05, 4.69) is 0 Å². The third-order valence-corrected chi connectivity index (χ3v) is 7.03. The quantitative estimate of drug-likeness (QED) is 0.160. The molecule has 1 N–H and O–H groups in total. The Kier molecular flexibility index (Phi) is 13.4. The standard InChI is InChI=1S/C33H39NO10/c1-22(32(39)34-23(2)31(44-33(34)40)26-13-8-5-9-14-26)30(43-24(3)36)29(38)17-16-27(37)15-10-18-41-21-28(19-35)42-20-25-11-6-4-7-12-25/h4-9,11-14,16-17,22-23,28,30-31,35H,10,15,18-21H2,1-3H3/t22-,23-,28+,30-,31-/m0/s1. The maximum atomic E-state index is 13.3. The minimum Gasteiger partial charge on any atom is -0.453 e. The number of rotatable bonds is 17. The first kappa shape index (κ1) is 34.3. The SMILES string of the molecule is CC(=O)O[C@H](C(=O)C=CC(=O)CCCOC[C@@H](CO)OCc1ccccc1)[C@H](C)C(=O)N1C(=O)O[C@H](c2ccccc2)[C@@H]1C. The molecule has 1 heterocycles. The van der Waals surface area contributed by atoms with E-state index in [4.69, 9.17) is 18.9 Å². The highest BCUT2D eigenvalue weighted by atomic mass is 16.6. The molecular weight excluding hydrogens is 570 g/mol. The van der Waals surface area contributed by atoms with Crippen molar-refractivity contribution < 1.29 is 48.0 Å². The molecule has 1 aliphatic rings. The zero-order valence-corrected chi connectivity index (χ0v) is 25.1. The Morgan fingerprint density at radius 2 is 1.68 bits per heavy atom. The second-order valence-electron chi connectivity index (χ2n) is 10.5. The topological polar surface area (TPSA) is 146 Å². The summed E-state index contributed by atoms with van der Waals surface area (Å²) in [5, 5.41) is 9.51. The van der Waals surface area contributed by atoms with E-state index in [1.807, 2.05) is 36.4 Å². The van der Waals surface area contributed by atoms with Gasteiger partial charge < -0.3 is 24.1 Å². The Morgan fingerprint density at radius 1 is 1.02 bits per heavy atom. The van der Waals surface area contributed by atoms with Gasteiger partial charge in [0.2, 0.25) is 5.91 Å². The first-order chi connectivity index (χ1) is 21.1. The zero-order valence-electron chi connectivity index (χ0n) is 25.1. The van der Waals surface area contributed by atoms with Crippen LogP contribution in [0.5, 0.6) is 0 Å². The van der Waals surface area contributed by atoms with Gasteiger partial charge in [0.1, 0.15) is 12.2 Å². The lowest BCUT2D eigenvalue weighted by Gasteiger charge is -2.26. The largest absolute Gasteiger partial charge is 0.453 e. The number of ketones is 2. The van der Waals surface area contributed by atoms with Crippen molar-refractivity contribution in [1.29, 1.82) is 0 Å². The van der Waals surface area contributed by atoms with Crippen molar-refractivity contribution in [2.24, 2.45) is 5.92 Å². The van der Waals surface area contributed by atoms with E-state index in [-0.39, 0.29) is 32.0 Å². The molecule has 0 unspecified atom stereocenters. The van der Waals surface area contributed by atoms with Gasteiger partial charge >= 0.3 is 12.1 Å². The molecule has 11 heteroatoms. The van der Waals surface area contributed by atoms with Gasteiger partial charge in [-0.2, -0.15) is 0 Å². The Morgan fingerprint density at radius 3 is 2.32 bits per heavy atom. The molecule has 44 heavy (non-hydrogen) atoms. The summed E-state index contributed by atoms with van der Waals surface area (Å²) in [5.74, 6) is -3.91. The van der Waals surface area contributed by atoms with Gasteiger partial charge in [-0.1, -0.05) is 60.7 Å². The second-order valence-corrected chi connectivity index (χ2v) is 10.5. The molecule has 11 nitrogen and oxygen atoms in total. The molecule has 0 aliphatic carbocycles. The lowest BCUT2D eigenvalue weighted by molar-refractivity contribution is -0.158. The van der Waals surface area contributed by atoms with Crippen LogP contribution in [-0.2, 0) is 44.7 Å². The van der Waals surface area contributed by atoms with Crippen LogP contribution in [0.25, 0.3) is 0 Å². The summed E-state index contributed by atoms with van der Waals surface area (Å²) in [6.45, 7) is 4.62. The van der Waals surface area contributed by atoms with Crippen molar-refractivity contribution in [3.63, 3.8) is 0 Å². The van der Waals surface area contributed by atoms with Crippen molar-refractivity contribution in [1.82, 2.24) is 4.90 Å². The molecule has 2 amide bonds. The normalized spacial score (nSPS) is 18.5. The number of imide groups is 1. The molecule has 3 rings (SSSR count). The summed E-state index contributed by atoms with van der Waals surface area (Å²) < 4.78 is 21.8. The minimum absolute atomic E-state index is 0.0726. The molecule has 1 saturated heterocycles. The van der Waals surface area contributed by atoms with Gasteiger partial charge in [-0.25, -0.2) is 9.69 Å². The molecular formula is C33H39NO10. The van der Waals surface area contributed by atoms with Crippen LogP contribution >= 0.6 is 0 Å². The Hall–Kier alpha value is -4.19. The van der Waals surface area contributed by atoms with Gasteiger partial charge in [0.25, 0.3) is 0 Å². The van der Waals surface area contributed by atoms with Gasteiger partial charge in [0, 0.05) is 20.0 Å². The van der Waals surface area contributed by atoms with Crippen molar-refractivity contribution >= 4 is 29.5 Å². The summed E-state index contributed by atoms with van der Waals surface area (Å²) in [6, 6.07) is 17.8. The summed E-state index contributed by atoms with van der Waals surface area (Å²) in [6.07, 6.45) is -1.15. The van der Waals surface area contributed by atoms with Crippen LogP contribution in [0.3, 0.4) is 0 Å². The fraction of sp³-hybridized carbons (Fsp3) is 0.424. The van der Waals surface area contributed by atoms with Crippen molar-refractivity contribution in [3.05, 3.63) is 83.9 Å². The summed E-state index contributed by atoms with van der Waals surface area (Å²) in [7, 11) is 0. The summed E-state index contributed by atoms with van der Waals surface area (Å²) in [4.78, 5) is 64.0. The molecule has 1 aliphatic heterocycles. The third-order valence-electron chi connectivity index (χ3n) is 7.03. The van der Waals surface area contributed by atoms with E-state index >= 15 is 0 Å². The number of cyclic esters (lactones) is 1. The maximum Gasteiger partial charge on any atom is 0.417 e. The number of aliphatic hydroxyl groups excluding tert-OH is 1. The second kappa shape index (κ2) is 17.2. The molecule has 0 radical (unpaired) electrons.